The van der Waals surface area contributed by atoms with Gasteiger partial charge in [0.05, 0.1) is 12.1 Å². The van der Waals surface area contributed by atoms with Gasteiger partial charge in [-0.3, -0.25) is 4.84 Å². The van der Waals surface area contributed by atoms with Gasteiger partial charge in [0.2, 0.25) is 0 Å². The summed E-state index contributed by atoms with van der Waals surface area (Å²) in [5.74, 6) is -0.437. The van der Waals surface area contributed by atoms with Crippen molar-refractivity contribution in [3.05, 3.63) is 29.0 Å². The molecule has 0 saturated carbocycles. The molecule has 2 rings (SSSR count). The van der Waals surface area contributed by atoms with E-state index in [1.54, 1.807) is 6.07 Å². The predicted octanol–water partition coefficient (Wildman–Crippen LogP) is 1.92. The summed E-state index contributed by atoms with van der Waals surface area (Å²) in [7, 11) is 1.37. The van der Waals surface area contributed by atoms with Crippen LogP contribution in [-0.2, 0) is 4.84 Å². The number of hydroxylamine groups is 1. The molecule has 1 fully saturated rings. The van der Waals surface area contributed by atoms with Crippen LogP contribution in [0, 0.1) is 5.82 Å². The van der Waals surface area contributed by atoms with E-state index < -0.39 is 5.82 Å². The summed E-state index contributed by atoms with van der Waals surface area (Å²) in [6.07, 6.45) is 0.793. The summed E-state index contributed by atoms with van der Waals surface area (Å²) in [5, 5.41) is 2.88. The van der Waals surface area contributed by atoms with Crippen LogP contribution in [0.1, 0.15) is 6.42 Å². The highest BCUT2D eigenvalue weighted by Crippen LogP contribution is 2.24. The van der Waals surface area contributed by atoms with E-state index in [2.05, 4.69) is 15.6 Å². The maximum atomic E-state index is 13.4. The lowest BCUT2D eigenvalue weighted by Crippen LogP contribution is -2.42. The topological polar surface area (TPSA) is 53.6 Å². The SMILES string of the molecule is CONC(=O)N[C@@H]1CCN(c2ccc(Cl)c(F)c2)C1. The average molecular weight is 288 g/mol. The van der Waals surface area contributed by atoms with E-state index >= 15 is 0 Å². The van der Waals surface area contributed by atoms with Crippen LogP contribution < -0.4 is 15.7 Å². The van der Waals surface area contributed by atoms with Crippen molar-refractivity contribution in [2.24, 2.45) is 0 Å². The van der Waals surface area contributed by atoms with Crippen molar-refractivity contribution in [3.8, 4) is 0 Å². The number of hydrogen-bond donors (Lipinski definition) is 2. The number of amides is 2. The smallest absolute Gasteiger partial charge is 0.338 e. The van der Waals surface area contributed by atoms with Crippen molar-refractivity contribution in [2.75, 3.05) is 25.1 Å². The second-order valence-electron chi connectivity index (χ2n) is 4.31. The minimum absolute atomic E-state index is 0.00823. The molecule has 1 heterocycles. The first-order valence-electron chi connectivity index (χ1n) is 5.89. The number of benzene rings is 1. The lowest BCUT2D eigenvalue weighted by molar-refractivity contribution is 0.106. The first-order valence-corrected chi connectivity index (χ1v) is 6.27. The van der Waals surface area contributed by atoms with Gasteiger partial charge in [0, 0.05) is 24.8 Å². The molecule has 0 aromatic heterocycles. The van der Waals surface area contributed by atoms with Gasteiger partial charge < -0.3 is 10.2 Å². The molecule has 1 aromatic carbocycles. The highest BCUT2D eigenvalue weighted by atomic mass is 35.5. The van der Waals surface area contributed by atoms with E-state index in [0.29, 0.717) is 6.54 Å². The number of rotatable bonds is 3. The average Bonchev–Trinajstić information content (AvgIpc) is 2.81. The van der Waals surface area contributed by atoms with Crippen LogP contribution in [0.4, 0.5) is 14.9 Å². The second kappa shape index (κ2) is 6.08. The summed E-state index contributed by atoms with van der Waals surface area (Å²) < 4.78 is 13.4. The van der Waals surface area contributed by atoms with E-state index in [1.165, 1.54) is 19.2 Å². The highest BCUT2D eigenvalue weighted by Gasteiger charge is 2.24. The Morgan fingerprint density at radius 1 is 1.58 bits per heavy atom. The first kappa shape index (κ1) is 13.9. The maximum Gasteiger partial charge on any atom is 0.338 e. The number of halogens is 2. The Morgan fingerprint density at radius 2 is 2.37 bits per heavy atom. The molecule has 2 amide bonds. The monoisotopic (exact) mass is 287 g/mol. The fourth-order valence-electron chi connectivity index (χ4n) is 2.10. The fraction of sp³-hybridized carbons (Fsp3) is 0.417. The molecule has 0 aliphatic carbocycles. The summed E-state index contributed by atoms with van der Waals surface area (Å²) in [5.41, 5.74) is 2.96. The minimum atomic E-state index is -0.437. The van der Waals surface area contributed by atoms with Crippen LogP contribution in [0.3, 0.4) is 0 Å². The standard InChI is InChI=1S/C12H15ClFN3O2/c1-19-16-12(18)15-8-4-5-17(7-8)9-2-3-10(13)11(14)6-9/h2-3,6,8H,4-5,7H2,1H3,(H2,15,16,18)/t8-/m1/s1. The second-order valence-corrected chi connectivity index (χ2v) is 4.72. The third-order valence-corrected chi connectivity index (χ3v) is 3.29. The molecule has 104 valence electrons. The predicted molar refractivity (Wildman–Crippen MR) is 70.7 cm³/mol. The lowest BCUT2D eigenvalue weighted by Gasteiger charge is -2.19. The molecular weight excluding hydrogens is 273 g/mol. The molecule has 5 nitrogen and oxygen atoms in total. The zero-order valence-electron chi connectivity index (χ0n) is 10.5. The Morgan fingerprint density at radius 3 is 3.05 bits per heavy atom. The summed E-state index contributed by atoms with van der Waals surface area (Å²) in [6, 6.07) is 4.33. The van der Waals surface area contributed by atoms with E-state index in [0.717, 1.165) is 18.7 Å². The number of carbonyl (C=O) groups is 1. The molecule has 0 spiro atoms. The summed E-state index contributed by atoms with van der Waals surface area (Å²) in [4.78, 5) is 17.8. The van der Waals surface area contributed by atoms with Gasteiger partial charge in [-0.25, -0.2) is 14.7 Å². The van der Waals surface area contributed by atoms with E-state index in [4.69, 9.17) is 11.6 Å². The van der Waals surface area contributed by atoms with Crippen LogP contribution in [-0.4, -0.2) is 32.3 Å². The molecule has 0 bridgehead atoms. The third kappa shape index (κ3) is 3.48. The van der Waals surface area contributed by atoms with Crippen molar-refractivity contribution in [2.45, 2.75) is 12.5 Å². The highest BCUT2D eigenvalue weighted by molar-refractivity contribution is 6.30. The molecule has 7 heteroatoms. The number of carbonyl (C=O) groups excluding carboxylic acids is 1. The van der Waals surface area contributed by atoms with Gasteiger partial charge in [0.15, 0.2) is 0 Å². The Hall–Kier alpha value is -1.53. The Kier molecular flexibility index (Phi) is 4.44. The molecule has 19 heavy (non-hydrogen) atoms. The van der Waals surface area contributed by atoms with Gasteiger partial charge in [-0.15, -0.1) is 0 Å². The van der Waals surface area contributed by atoms with Gasteiger partial charge in [-0.2, -0.15) is 0 Å². The van der Waals surface area contributed by atoms with Crippen LogP contribution >= 0.6 is 11.6 Å². The molecule has 1 saturated heterocycles. The van der Waals surface area contributed by atoms with Crippen molar-refractivity contribution < 1.29 is 14.0 Å². The van der Waals surface area contributed by atoms with Gasteiger partial charge in [-0.05, 0) is 24.6 Å². The largest absolute Gasteiger partial charge is 0.369 e. The fourth-order valence-corrected chi connectivity index (χ4v) is 2.22. The summed E-state index contributed by atoms with van der Waals surface area (Å²) in [6.45, 7) is 1.37. The number of anilines is 1. The molecule has 2 N–H and O–H groups in total. The van der Waals surface area contributed by atoms with Crippen molar-refractivity contribution in [1.29, 1.82) is 0 Å². The normalized spacial score (nSPS) is 18.5. The van der Waals surface area contributed by atoms with Crippen LogP contribution in [0.2, 0.25) is 5.02 Å². The quantitative estimate of drug-likeness (QED) is 0.835. The molecule has 1 aliphatic heterocycles. The molecular formula is C12H15ClFN3O2. The molecule has 0 radical (unpaired) electrons. The van der Waals surface area contributed by atoms with Crippen LogP contribution in [0.25, 0.3) is 0 Å². The lowest BCUT2D eigenvalue weighted by atomic mass is 10.2. The molecule has 1 aliphatic rings. The van der Waals surface area contributed by atoms with E-state index in [1.807, 2.05) is 4.90 Å². The van der Waals surface area contributed by atoms with Gasteiger partial charge in [0.25, 0.3) is 0 Å². The van der Waals surface area contributed by atoms with Gasteiger partial charge in [0.1, 0.15) is 5.82 Å². The number of urea groups is 1. The zero-order valence-corrected chi connectivity index (χ0v) is 11.2. The van der Waals surface area contributed by atoms with E-state index in [9.17, 15) is 9.18 Å². The first-order chi connectivity index (χ1) is 9.10. The van der Waals surface area contributed by atoms with Crippen molar-refractivity contribution in [3.63, 3.8) is 0 Å². The number of nitrogens with zero attached hydrogens (tertiary/aromatic N) is 1. The van der Waals surface area contributed by atoms with Crippen molar-refractivity contribution >= 4 is 23.3 Å². The number of hydrogen-bond acceptors (Lipinski definition) is 3. The van der Waals surface area contributed by atoms with E-state index in [-0.39, 0.29) is 17.1 Å². The molecule has 1 atom stereocenters. The van der Waals surface area contributed by atoms with Crippen LogP contribution in [0.5, 0.6) is 0 Å². The van der Waals surface area contributed by atoms with Crippen molar-refractivity contribution in [1.82, 2.24) is 10.8 Å². The number of nitrogens with one attached hydrogen (secondary N) is 2. The third-order valence-electron chi connectivity index (χ3n) is 2.99. The minimum Gasteiger partial charge on any atom is -0.369 e. The Labute approximate surface area is 115 Å². The molecule has 1 aromatic rings. The van der Waals surface area contributed by atoms with Gasteiger partial charge >= 0.3 is 6.03 Å². The Balaban J connectivity index is 1.94. The summed E-state index contributed by atoms with van der Waals surface area (Å²) >= 11 is 5.65. The van der Waals surface area contributed by atoms with Gasteiger partial charge in [-0.1, -0.05) is 11.6 Å². The van der Waals surface area contributed by atoms with Crippen LogP contribution in [0.15, 0.2) is 18.2 Å². The molecule has 0 unspecified atom stereocenters. The maximum absolute atomic E-state index is 13.4. The zero-order chi connectivity index (χ0) is 13.8. The Bertz CT molecular complexity index is 472.